The quantitative estimate of drug-likeness (QED) is 0.726. The molecule has 0 bridgehead atoms. The zero-order valence-corrected chi connectivity index (χ0v) is 11.8. The van der Waals surface area contributed by atoms with Crippen molar-refractivity contribution in [3.63, 3.8) is 0 Å². The van der Waals surface area contributed by atoms with Crippen LogP contribution in [0.5, 0.6) is 0 Å². The van der Waals surface area contributed by atoms with Crippen molar-refractivity contribution in [1.29, 1.82) is 0 Å². The summed E-state index contributed by atoms with van der Waals surface area (Å²) in [5.74, 6) is -0.120. The van der Waals surface area contributed by atoms with E-state index in [0.717, 1.165) is 13.1 Å². The molecule has 0 saturated carbocycles. The molecule has 0 saturated heterocycles. The number of esters is 1. The second-order valence-electron chi connectivity index (χ2n) is 4.72. The molecular weight excluding hydrogens is 226 g/mol. The molecule has 1 aromatic rings. The van der Waals surface area contributed by atoms with Crippen LogP contribution in [0.25, 0.3) is 0 Å². The van der Waals surface area contributed by atoms with Crippen molar-refractivity contribution in [2.24, 2.45) is 0 Å². The highest BCUT2D eigenvalue weighted by Crippen LogP contribution is 2.12. The summed E-state index contributed by atoms with van der Waals surface area (Å²) in [6.45, 7) is 8.10. The van der Waals surface area contributed by atoms with Gasteiger partial charge in [-0.1, -0.05) is 23.8 Å². The third-order valence-corrected chi connectivity index (χ3v) is 2.95. The van der Waals surface area contributed by atoms with Crippen LogP contribution in [0.1, 0.15) is 30.0 Å². The molecule has 0 aliphatic carbocycles. The summed E-state index contributed by atoms with van der Waals surface area (Å²) in [5, 5.41) is 0. The molecule has 0 heterocycles. The van der Waals surface area contributed by atoms with Crippen molar-refractivity contribution in [2.75, 3.05) is 20.2 Å². The van der Waals surface area contributed by atoms with Gasteiger partial charge in [0, 0.05) is 13.1 Å². The Labute approximate surface area is 110 Å². The number of nitrogens with zero attached hydrogens (tertiary/aromatic N) is 1. The minimum absolute atomic E-state index is 0.120. The molecule has 100 valence electrons. The van der Waals surface area contributed by atoms with Crippen LogP contribution in [-0.2, 0) is 16.1 Å². The van der Waals surface area contributed by atoms with Gasteiger partial charge in [0.2, 0.25) is 0 Å². The van der Waals surface area contributed by atoms with Gasteiger partial charge < -0.3 is 9.64 Å². The molecule has 3 heteroatoms. The molecule has 0 atom stereocenters. The standard InChI is InChI=1S/C15H23NO2/c1-5-18-15(17)8-9-16(4)11-14-10-12(2)6-7-13(14)3/h6-7,10H,5,8-9,11H2,1-4H3. The maximum absolute atomic E-state index is 11.3. The second kappa shape index (κ2) is 7.17. The summed E-state index contributed by atoms with van der Waals surface area (Å²) in [6, 6.07) is 6.47. The van der Waals surface area contributed by atoms with Gasteiger partial charge in [-0.25, -0.2) is 0 Å². The van der Waals surface area contributed by atoms with Gasteiger partial charge in [-0.2, -0.15) is 0 Å². The van der Waals surface area contributed by atoms with Crippen LogP contribution >= 0.6 is 0 Å². The molecule has 1 rings (SSSR count). The summed E-state index contributed by atoms with van der Waals surface area (Å²) in [6.07, 6.45) is 0.454. The van der Waals surface area contributed by atoms with Gasteiger partial charge in [0.15, 0.2) is 0 Å². The van der Waals surface area contributed by atoms with Crippen molar-refractivity contribution >= 4 is 5.97 Å². The van der Waals surface area contributed by atoms with E-state index in [2.05, 4.69) is 36.9 Å². The Morgan fingerprint density at radius 3 is 2.72 bits per heavy atom. The Bertz CT molecular complexity index is 401. The average Bonchev–Trinajstić information content (AvgIpc) is 2.32. The number of rotatable bonds is 6. The third kappa shape index (κ3) is 4.88. The number of benzene rings is 1. The van der Waals surface area contributed by atoms with Crippen LogP contribution < -0.4 is 0 Å². The molecule has 1 aromatic carbocycles. The zero-order chi connectivity index (χ0) is 13.5. The van der Waals surface area contributed by atoms with Crippen LogP contribution in [0.4, 0.5) is 0 Å². The van der Waals surface area contributed by atoms with Crippen molar-refractivity contribution in [2.45, 2.75) is 33.7 Å². The van der Waals surface area contributed by atoms with Gasteiger partial charge in [-0.15, -0.1) is 0 Å². The maximum atomic E-state index is 11.3. The Kier molecular flexibility index (Phi) is 5.86. The predicted octanol–water partition coefficient (Wildman–Crippen LogP) is 2.69. The highest BCUT2D eigenvalue weighted by molar-refractivity contribution is 5.69. The molecule has 0 amide bonds. The van der Waals surface area contributed by atoms with Crippen LogP contribution in [0.15, 0.2) is 18.2 Å². The smallest absolute Gasteiger partial charge is 0.307 e. The second-order valence-corrected chi connectivity index (χ2v) is 4.72. The fraction of sp³-hybridized carbons (Fsp3) is 0.533. The topological polar surface area (TPSA) is 29.5 Å². The van der Waals surface area contributed by atoms with Crippen molar-refractivity contribution in [1.82, 2.24) is 4.90 Å². The van der Waals surface area contributed by atoms with E-state index in [9.17, 15) is 4.79 Å². The summed E-state index contributed by atoms with van der Waals surface area (Å²) in [7, 11) is 2.03. The lowest BCUT2D eigenvalue weighted by Crippen LogP contribution is -2.22. The number of aryl methyl sites for hydroxylation is 2. The van der Waals surface area contributed by atoms with E-state index in [1.54, 1.807) is 0 Å². The molecule has 0 spiro atoms. The number of hydrogen-bond donors (Lipinski definition) is 0. The van der Waals surface area contributed by atoms with Crippen molar-refractivity contribution in [3.05, 3.63) is 34.9 Å². The van der Waals surface area contributed by atoms with Gasteiger partial charge in [0.25, 0.3) is 0 Å². The van der Waals surface area contributed by atoms with Crippen molar-refractivity contribution in [3.8, 4) is 0 Å². The lowest BCUT2D eigenvalue weighted by molar-refractivity contribution is -0.143. The van der Waals surface area contributed by atoms with E-state index in [1.165, 1.54) is 16.7 Å². The minimum Gasteiger partial charge on any atom is -0.466 e. The first-order valence-corrected chi connectivity index (χ1v) is 6.43. The fourth-order valence-electron chi connectivity index (χ4n) is 1.86. The number of hydrogen-bond acceptors (Lipinski definition) is 3. The molecule has 0 aliphatic heterocycles. The Hall–Kier alpha value is -1.35. The monoisotopic (exact) mass is 249 g/mol. The summed E-state index contributed by atoms with van der Waals surface area (Å²) >= 11 is 0. The molecule has 0 aromatic heterocycles. The molecule has 0 N–H and O–H groups in total. The molecule has 0 radical (unpaired) electrons. The van der Waals surface area contributed by atoms with Gasteiger partial charge in [0.1, 0.15) is 0 Å². The first-order chi connectivity index (χ1) is 8.52. The molecule has 18 heavy (non-hydrogen) atoms. The van der Waals surface area contributed by atoms with Gasteiger partial charge in [-0.05, 0) is 38.9 Å². The van der Waals surface area contributed by atoms with Crippen LogP contribution in [0, 0.1) is 13.8 Å². The average molecular weight is 249 g/mol. The number of carbonyl (C=O) groups excluding carboxylic acids is 1. The summed E-state index contributed by atoms with van der Waals surface area (Å²) in [4.78, 5) is 13.4. The number of ether oxygens (including phenoxy) is 1. The predicted molar refractivity (Wildman–Crippen MR) is 73.5 cm³/mol. The molecule has 3 nitrogen and oxygen atoms in total. The van der Waals surface area contributed by atoms with E-state index in [1.807, 2.05) is 14.0 Å². The first-order valence-electron chi connectivity index (χ1n) is 6.43. The van der Waals surface area contributed by atoms with E-state index in [4.69, 9.17) is 4.74 Å². The maximum Gasteiger partial charge on any atom is 0.307 e. The van der Waals surface area contributed by atoms with E-state index >= 15 is 0 Å². The molecule has 0 fully saturated rings. The minimum atomic E-state index is -0.120. The summed E-state index contributed by atoms with van der Waals surface area (Å²) in [5.41, 5.74) is 3.89. The molecular formula is C15H23NO2. The van der Waals surface area contributed by atoms with E-state index in [-0.39, 0.29) is 5.97 Å². The normalized spacial score (nSPS) is 10.7. The molecule has 0 aliphatic rings. The van der Waals surface area contributed by atoms with Crippen LogP contribution in [0.2, 0.25) is 0 Å². The van der Waals surface area contributed by atoms with E-state index < -0.39 is 0 Å². The van der Waals surface area contributed by atoms with Crippen LogP contribution in [0.3, 0.4) is 0 Å². The molecule has 0 unspecified atom stereocenters. The van der Waals surface area contributed by atoms with Gasteiger partial charge >= 0.3 is 5.97 Å². The third-order valence-electron chi connectivity index (χ3n) is 2.95. The van der Waals surface area contributed by atoms with Gasteiger partial charge in [0.05, 0.1) is 13.0 Å². The largest absolute Gasteiger partial charge is 0.466 e. The van der Waals surface area contributed by atoms with Gasteiger partial charge in [-0.3, -0.25) is 4.79 Å². The number of carbonyl (C=O) groups is 1. The van der Waals surface area contributed by atoms with E-state index in [0.29, 0.717) is 13.0 Å². The fourth-order valence-corrected chi connectivity index (χ4v) is 1.86. The van der Waals surface area contributed by atoms with Crippen LogP contribution in [-0.4, -0.2) is 31.1 Å². The zero-order valence-electron chi connectivity index (χ0n) is 11.8. The highest BCUT2D eigenvalue weighted by atomic mass is 16.5. The SMILES string of the molecule is CCOC(=O)CCN(C)Cc1cc(C)ccc1C. The first kappa shape index (κ1) is 14.7. The Morgan fingerprint density at radius 2 is 2.06 bits per heavy atom. The highest BCUT2D eigenvalue weighted by Gasteiger charge is 2.07. The van der Waals surface area contributed by atoms with Crippen molar-refractivity contribution < 1.29 is 9.53 Å². The lowest BCUT2D eigenvalue weighted by Gasteiger charge is -2.18. The lowest BCUT2D eigenvalue weighted by atomic mass is 10.1. The summed E-state index contributed by atoms with van der Waals surface area (Å²) < 4.78 is 4.92. The Balaban J connectivity index is 2.46. The Morgan fingerprint density at radius 1 is 1.33 bits per heavy atom.